The molecule has 0 bridgehead atoms. The number of esters is 1. The number of anilines is 2. The van der Waals surface area contributed by atoms with Gasteiger partial charge in [-0.3, -0.25) is 9.59 Å². The summed E-state index contributed by atoms with van der Waals surface area (Å²) in [6.07, 6.45) is 5.96. The highest BCUT2D eigenvalue weighted by atomic mass is 16.5. The van der Waals surface area contributed by atoms with Crippen LogP contribution < -0.4 is 15.4 Å². The van der Waals surface area contributed by atoms with E-state index in [0.29, 0.717) is 30.5 Å². The van der Waals surface area contributed by atoms with Gasteiger partial charge >= 0.3 is 5.97 Å². The Morgan fingerprint density at radius 1 is 1.03 bits per heavy atom. The minimum absolute atomic E-state index is 0.119. The molecule has 0 saturated heterocycles. The Balaban J connectivity index is 1.65. The summed E-state index contributed by atoms with van der Waals surface area (Å²) in [7, 11) is 5.42. The molecule has 0 aliphatic heterocycles. The number of methoxy groups -OCH3 is 1. The summed E-state index contributed by atoms with van der Waals surface area (Å²) in [5.41, 5.74) is 1.11. The van der Waals surface area contributed by atoms with E-state index in [1.807, 2.05) is 74.8 Å². The molecule has 0 fully saturated rings. The average Bonchev–Trinajstić information content (AvgIpc) is 2.90. The van der Waals surface area contributed by atoms with Gasteiger partial charge in [0.25, 0.3) is 5.91 Å². The molecule has 1 heterocycles. The van der Waals surface area contributed by atoms with E-state index >= 15 is 0 Å². The van der Waals surface area contributed by atoms with Gasteiger partial charge in [0.05, 0.1) is 24.6 Å². The molecule has 0 atom stereocenters. The number of allylic oxidation sites excluding steroid dienone is 1. The Kier molecular flexibility index (Phi) is 10.9. The second-order valence-electron chi connectivity index (χ2n) is 8.93. The van der Waals surface area contributed by atoms with Gasteiger partial charge in [0.2, 0.25) is 0 Å². The van der Waals surface area contributed by atoms with Crippen LogP contribution in [0.3, 0.4) is 0 Å². The quantitative estimate of drug-likeness (QED) is 0.184. The predicted molar refractivity (Wildman–Crippen MR) is 148 cm³/mol. The van der Waals surface area contributed by atoms with Crippen molar-refractivity contribution in [2.75, 3.05) is 51.5 Å². The lowest BCUT2D eigenvalue weighted by atomic mass is 10.1. The monoisotopic (exact) mass is 504 g/mol. The van der Waals surface area contributed by atoms with Crippen molar-refractivity contribution in [2.24, 2.45) is 0 Å². The first-order chi connectivity index (χ1) is 18.0. The predicted octanol–water partition coefficient (Wildman–Crippen LogP) is 4.89. The number of carbonyl (C=O) groups excluding carboxylic acids is 2. The van der Waals surface area contributed by atoms with Crippen LogP contribution in [-0.4, -0.2) is 62.7 Å². The third-order valence-corrected chi connectivity index (χ3v) is 5.76. The number of benzene rings is 2. The molecule has 37 heavy (non-hydrogen) atoms. The molecule has 0 aliphatic rings. The van der Waals surface area contributed by atoms with Gasteiger partial charge in [0.15, 0.2) is 0 Å². The molecule has 2 N–H and O–H groups in total. The van der Waals surface area contributed by atoms with Crippen LogP contribution >= 0.6 is 0 Å². The summed E-state index contributed by atoms with van der Waals surface area (Å²) in [6.45, 7) is 1.79. The number of unbranched alkanes of at least 4 members (excludes halogenated alkanes) is 2. The van der Waals surface area contributed by atoms with Gasteiger partial charge in [-0.1, -0.05) is 42.5 Å². The summed E-state index contributed by atoms with van der Waals surface area (Å²) < 4.78 is 10.8. The Hall–Kier alpha value is -3.91. The van der Waals surface area contributed by atoms with E-state index in [4.69, 9.17) is 9.47 Å². The van der Waals surface area contributed by atoms with E-state index in [2.05, 4.69) is 20.5 Å². The van der Waals surface area contributed by atoms with Gasteiger partial charge in [0.1, 0.15) is 18.2 Å². The normalized spacial score (nSPS) is 11.4. The van der Waals surface area contributed by atoms with E-state index in [-0.39, 0.29) is 18.5 Å². The van der Waals surface area contributed by atoms with E-state index in [1.54, 1.807) is 6.20 Å². The lowest BCUT2D eigenvalue weighted by Gasteiger charge is -2.13. The third kappa shape index (κ3) is 9.24. The lowest BCUT2D eigenvalue weighted by Crippen LogP contribution is -2.21. The molecule has 8 nitrogen and oxygen atoms in total. The van der Waals surface area contributed by atoms with Gasteiger partial charge in [-0.05, 0) is 56.9 Å². The van der Waals surface area contributed by atoms with E-state index in [1.165, 1.54) is 7.11 Å². The van der Waals surface area contributed by atoms with Gasteiger partial charge < -0.3 is 25.0 Å². The number of pyridine rings is 1. The molecule has 1 amide bonds. The van der Waals surface area contributed by atoms with Crippen LogP contribution in [0.5, 0.6) is 5.75 Å². The van der Waals surface area contributed by atoms with Crippen molar-refractivity contribution < 1.29 is 19.1 Å². The van der Waals surface area contributed by atoms with Crippen molar-refractivity contribution in [3.8, 4) is 5.75 Å². The molecular weight excluding hydrogens is 468 g/mol. The Morgan fingerprint density at radius 2 is 1.84 bits per heavy atom. The smallest absolute Gasteiger partial charge is 0.305 e. The van der Waals surface area contributed by atoms with Crippen LogP contribution in [0.4, 0.5) is 11.5 Å². The van der Waals surface area contributed by atoms with Crippen LogP contribution in [-0.2, 0) is 14.3 Å². The molecule has 3 rings (SSSR count). The molecule has 0 aliphatic carbocycles. The minimum Gasteiger partial charge on any atom is -0.488 e. The molecule has 8 heteroatoms. The third-order valence-electron chi connectivity index (χ3n) is 5.76. The molecule has 3 aromatic rings. The Morgan fingerprint density at radius 3 is 2.59 bits per heavy atom. The largest absolute Gasteiger partial charge is 0.488 e. The summed E-state index contributed by atoms with van der Waals surface area (Å²) in [4.78, 5) is 31.0. The maximum atomic E-state index is 13.2. The molecule has 0 unspecified atom stereocenters. The number of amides is 1. The molecule has 1 aromatic heterocycles. The highest BCUT2D eigenvalue weighted by Gasteiger charge is 2.13. The van der Waals surface area contributed by atoms with Crippen molar-refractivity contribution in [3.05, 3.63) is 72.4 Å². The zero-order valence-electron chi connectivity index (χ0n) is 21.8. The van der Waals surface area contributed by atoms with Gasteiger partial charge in [0, 0.05) is 24.9 Å². The molecule has 196 valence electrons. The second kappa shape index (κ2) is 14.6. The van der Waals surface area contributed by atoms with Crippen molar-refractivity contribution in [3.63, 3.8) is 0 Å². The first-order valence-corrected chi connectivity index (χ1v) is 12.5. The maximum Gasteiger partial charge on any atom is 0.305 e. The standard InChI is InChI=1S/C29H36N4O4/c1-33(2)19-18-30-27-17-16-24(20-31-27)32-29(35)23(11-5-4-6-15-28(34)36-3)21-37-26-14-9-12-22-10-7-8-13-25(22)26/h7-14,16-17,20H,4-6,15,18-19,21H2,1-3H3,(H,30,31)(H,32,35)/b23-11+. The molecule has 2 aromatic carbocycles. The number of aromatic nitrogens is 1. The topological polar surface area (TPSA) is 92.8 Å². The minimum atomic E-state index is -0.247. The molecule has 0 spiro atoms. The fourth-order valence-corrected chi connectivity index (χ4v) is 3.68. The highest BCUT2D eigenvalue weighted by Crippen LogP contribution is 2.25. The number of hydrogen-bond donors (Lipinski definition) is 2. The van der Waals surface area contributed by atoms with Crippen LogP contribution in [0.2, 0.25) is 0 Å². The van der Waals surface area contributed by atoms with Crippen LogP contribution in [0.25, 0.3) is 10.8 Å². The van der Waals surface area contributed by atoms with Gasteiger partial charge in [-0.2, -0.15) is 0 Å². The van der Waals surface area contributed by atoms with E-state index < -0.39 is 0 Å². The fraction of sp³-hybridized carbons (Fsp3) is 0.345. The SMILES string of the molecule is COC(=O)CCCC/C=C(\COc1cccc2ccccc12)C(=O)Nc1ccc(NCCN(C)C)nc1. The van der Waals surface area contributed by atoms with Crippen LogP contribution in [0.1, 0.15) is 25.7 Å². The van der Waals surface area contributed by atoms with Crippen LogP contribution in [0, 0.1) is 0 Å². The lowest BCUT2D eigenvalue weighted by molar-refractivity contribution is -0.140. The number of rotatable bonds is 14. The zero-order chi connectivity index (χ0) is 26.5. The van der Waals surface area contributed by atoms with Gasteiger partial charge in [-0.25, -0.2) is 4.98 Å². The average molecular weight is 505 g/mol. The number of ether oxygens (including phenoxy) is 2. The molecular formula is C29H36N4O4. The van der Waals surface area contributed by atoms with Crippen molar-refractivity contribution in [1.82, 2.24) is 9.88 Å². The van der Waals surface area contributed by atoms with Crippen LogP contribution in [0.15, 0.2) is 72.4 Å². The first kappa shape index (κ1) is 27.7. The Bertz CT molecular complexity index is 1190. The second-order valence-corrected chi connectivity index (χ2v) is 8.93. The fourth-order valence-electron chi connectivity index (χ4n) is 3.68. The number of fused-ring (bicyclic) bond motifs is 1. The van der Waals surface area contributed by atoms with E-state index in [9.17, 15) is 9.59 Å². The number of nitrogens with one attached hydrogen (secondary N) is 2. The van der Waals surface area contributed by atoms with E-state index in [0.717, 1.165) is 41.9 Å². The number of nitrogens with zero attached hydrogens (tertiary/aromatic N) is 2. The van der Waals surface area contributed by atoms with Crippen molar-refractivity contribution in [1.29, 1.82) is 0 Å². The summed E-state index contributed by atoms with van der Waals surface area (Å²) in [5, 5.41) is 8.24. The Labute approximate surface area is 218 Å². The van der Waals surface area contributed by atoms with Crippen molar-refractivity contribution in [2.45, 2.75) is 25.7 Å². The number of likely N-dealkylation sites (N-methyl/N-ethyl adjacent to an activating group) is 1. The first-order valence-electron chi connectivity index (χ1n) is 12.5. The molecule has 0 radical (unpaired) electrons. The summed E-state index contributed by atoms with van der Waals surface area (Å²) >= 11 is 0. The maximum absolute atomic E-state index is 13.2. The number of hydrogen-bond acceptors (Lipinski definition) is 7. The number of carbonyl (C=O) groups is 2. The summed E-state index contributed by atoms with van der Waals surface area (Å²) in [5.74, 6) is 0.995. The zero-order valence-corrected chi connectivity index (χ0v) is 21.8. The molecule has 0 saturated carbocycles. The van der Waals surface area contributed by atoms with Crippen molar-refractivity contribution >= 4 is 34.2 Å². The highest BCUT2D eigenvalue weighted by molar-refractivity contribution is 6.04. The van der Waals surface area contributed by atoms with Gasteiger partial charge in [-0.15, -0.1) is 0 Å². The summed E-state index contributed by atoms with van der Waals surface area (Å²) in [6, 6.07) is 17.5.